The van der Waals surface area contributed by atoms with Crippen LogP contribution in [0.15, 0.2) is 29.9 Å². The maximum atomic E-state index is 4.38. The molecule has 0 saturated carbocycles. The molecule has 0 aliphatic carbocycles. The highest BCUT2D eigenvalue weighted by Gasteiger charge is 2.18. The van der Waals surface area contributed by atoms with Gasteiger partial charge in [0, 0.05) is 57.5 Å². The fourth-order valence-electron chi connectivity index (χ4n) is 2.39. The monoisotopic (exact) mass is 289 g/mol. The van der Waals surface area contributed by atoms with Crippen molar-refractivity contribution in [3.05, 3.63) is 35.5 Å². The zero-order valence-corrected chi connectivity index (χ0v) is 12.4. The van der Waals surface area contributed by atoms with Gasteiger partial charge in [0.25, 0.3) is 0 Å². The highest BCUT2D eigenvalue weighted by Crippen LogP contribution is 2.19. The summed E-state index contributed by atoms with van der Waals surface area (Å²) in [5.74, 6) is 0.919. The molecule has 1 aliphatic heterocycles. The molecule has 2 aromatic rings. The van der Waals surface area contributed by atoms with Crippen molar-refractivity contribution in [2.75, 3.05) is 43.4 Å². The molecule has 3 rings (SSSR count). The van der Waals surface area contributed by atoms with E-state index in [2.05, 4.69) is 31.2 Å². The smallest absolute Gasteiger partial charge is 0.185 e. The molecule has 1 aliphatic rings. The lowest BCUT2D eigenvalue weighted by atomic mass is 10.2. The maximum absolute atomic E-state index is 4.38. The minimum absolute atomic E-state index is 0.919. The van der Waals surface area contributed by atoms with Crippen molar-refractivity contribution in [1.29, 1.82) is 0 Å². The van der Waals surface area contributed by atoms with Gasteiger partial charge in [-0.1, -0.05) is 6.07 Å². The summed E-state index contributed by atoms with van der Waals surface area (Å²) in [6.45, 7) is 5.23. The summed E-state index contributed by atoms with van der Waals surface area (Å²) in [6, 6.07) is 4.17. The number of hydrogen-bond acceptors (Lipinski definition) is 6. The molecule has 1 saturated heterocycles. The third kappa shape index (κ3) is 3.08. The van der Waals surface area contributed by atoms with Crippen molar-refractivity contribution in [3.63, 3.8) is 0 Å². The summed E-state index contributed by atoms with van der Waals surface area (Å²) in [4.78, 5) is 13.6. The second-order valence-electron chi connectivity index (χ2n) is 4.88. The Balaban J connectivity index is 1.53. The summed E-state index contributed by atoms with van der Waals surface area (Å²) < 4.78 is 0. The first kappa shape index (κ1) is 13.3. The largest absolute Gasteiger partial charge is 0.373 e. The lowest BCUT2D eigenvalue weighted by molar-refractivity contribution is 0.249. The Morgan fingerprint density at radius 2 is 2.05 bits per heavy atom. The van der Waals surface area contributed by atoms with Crippen LogP contribution in [0, 0.1) is 0 Å². The molecular formula is C14H19N5S. The van der Waals surface area contributed by atoms with Crippen LogP contribution in [0.5, 0.6) is 0 Å². The van der Waals surface area contributed by atoms with E-state index < -0.39 is 0 Å². The molecule has 5 nitrogen and oxygen atoms in total. The van der Waals surface area contributed by atoms with Crippen LogP contribution in [0.3, 0.4) is 0 Å². The fourth-order valence-corrected chi connectivity index (χ4v) is 3.09. The molecule has 0 atom stereocenters. The Morgan fingerprint density at radius 3 is 2.65 bits per heavy atom. The van der Waals surface area contributed by atoms with Crippen LogP contribution < -0.4 is 10.2 Å². The van der Waals surface area contributed by atoms with Gasteiger partial charge in [0.2, 0.25) is 0 Å². The SMILES string of the molecule is CNc1ccc(CN2CCN(c3nccs3)CC2)cn1. The van der Waals surface area contributed by atoms with Crippen LogP contribution in [-0.2, 0) is 6.54 Å². The van der Waals surface area contributed by atoms with Gasteiger partial charge in [-0.2, -0.15) is 0 Å². The van der Waals surface area contributed by atoms with Gasteiger partial charge in [-0.3, -0.25) is 4.90 Å². The number of anilines is 2. The number of pyridine rings is 1. The number of nitrogens with one attached hydrogen (secondary N) is 1. The van der Waals surface area contributed by atoms with E-state index in [1.807, 2.05) is 30.9 Å². The molecule has 1 fully saturated rings. The highest BCUT2D eigenvalue weighted by atomic mass is 32.1. The molecule has 6 heteroatoms. The topological polar surface area (TPSA) is 44.3 Å². The molecule has 0 radical (unpaired) electrons. The Bertz CT molecular complexity index is 517. The minimum atomic E-state index is 0.919. The van der Waals surface area contributed by atoms with Gasteiger partial charge in [0.1, 0.15) is 5.82 Å². The second-order valence-corrected chi connectivity index (χ2v) is 5.75. The van der Waals surface area contributed by atoms with E-state index in [0.717, 1.165) is 43.7 Å². The molecule has 3 heterocycles. The molecule has 0 aromatic carbocycles. The van der Waals surface area contributed by atoms with Gasteiger partial charge in [-0.25, -0.2) is 9.97 Å². The maximum Gasteiger partial charge on any atom is 0.185 e. The van der Waals surface area contributed by atoms with Crippen molar-refractivity contribution in [1.82, 2.24) is 14.9 Å². The van der Waals surface area contributed by atoms with E-state index in [1.54, 1.807) is 11.3 Å². The lowest BCUT2D eigenvalue weighted by Gasteiger charge is -2.34. The van der Waals surface area contributed by atoms with Crippen LogP contribution >= 0.6 is 11.3 Å². The van der Waals surface area contributed by atoms with Crippen molar-refractivity contribution in [2.45, 2.75) is 6.54 Å². The Morgan fingerprint density at radius 1 is 1.20 bits per heavy atom. The third-order valence-electron chi connectivity index (χ3n) is 3.55. The number of rotatable bonds is 4. The number of thiazole rings is 1. The van der Waals surface area contributed by atoms with Gasteiger partial charge in [0.05, 0.1) is 0 Å². The summed E-state index contributed by atoms with van der Waals surface area (Å²) in [5, 5.41) is 6.22. The third-order valence-corrected chi connectivity index (χ3v) is 4.38. The Labute approximate surface area is 123 Å². The minimum Gasteiger partial charge on any atom is -0.373 e. The average Bonchev–Trinajstić information content (AvgIpc) is 3.03. The number of nitrogens with zero attached hydrogens (tertiary/aromatic N) is 4. The molecular weight excluding hydrogens is 270 g/mol. The Hall–Kier alpha value is -1.66. The lowest BCUT2D eigenvalue weighted by Crippen LogP contribution is -2.45. The van der Waals surface area contributed by atoms with Gasteiger partial charge in [-0.15, -0.1) is 11.3 Å². The van der Waals surface area contributed by atoms with Gasteiger partial charge in [0.15, 0.2) is 5.13 Å². The van der Waals surface area contributed by atoms with E-state index >= 15 is 0 Å². The first-order chi connectivity index (χ1) is 9.85. The fraction of sp³-hybridized carbons (Fsp3) is 0.429. The van der Waals surface area contributed by atoms with Crippen molar-refractivity contribution in [2.24, 2.45) is 0 Å². The molecule has 0 spiro atoms. The van der Waals surface area contributed by atoms with Crippen molar-refractivity contribution >= 4 is 22.3 Å². The van der Waals surface area contributed by atoms with Crippen LogP contribution in [0.25, 0.3) is 0 Å². The van der Waals surface area contributed by atoms with Crippen molar-refractivity contribution < 1.29 is 0 Å². The van der Waals surface area contributed by atoms with Gasteiger partial charge < -0.3 is 10.2 Å². The predicted molar refractivity (Wildman–Crippen MR) is 83.4 cm³/mol. The summed E-state index contributed by atoms with van der Waals surface area (Å²) in [7, 11) is 1.89. The number of piperazine rings is 1. The summed E-state index contributed by atoms with van der Waals surface area (Å²) in [6.07, 6.45) is 3.83. The molecule has 20 heavy (non-hydrogen) atoms. The van der Waals surface area contributed by atoms with Crippen LogP contribution in [0.2, 0.25) is 0 Å². The summed E-state index contributed by atoms with van der Waals surface area (Å²) >= 11 is 1.72. The highest BCUT2D eigenvalue weighted by molar-refractivity contribution is 7.13. The van der Waals surface area contributed by atoms with E-state index in [4.69, 9.17) is 0 Å². The molecule has 0 bridgehead atoms. The first-order valence-corrected chi connectivity index (χ1v) is 7.72. The van der Waals surface area contributed by atoms with E-state index in [0.29, 0.717) is 0 Å². The number of aromatic nitrogens is 2. The van der Waals surface area contributed by atoms with Crippen LogP contribution in [0.1, 0.15) is 5.56 Å². The number of hydrogen-bond donors (Lipinski definition) is 1. The zero-order chi connectivity index (χ0) is 13.8. The molecule has 0 unspecified atom stereocenters. The van der Waals surface area contributed by atoms with E-state index in [9.17, 15) is 0 Å². The normalized spacial score (nSPS) is 16.4. The van der Waals surface area contributed by atoms with Crippen LogP contribution in [-0.4, -0.2) is 48.1 Å². The van der Waals surface area contributed by atoms with E-state index in [-0.39, 0.29) is 0 Å². The zero-order valence-electron chi connectivity index (χ0n) is 11.6. The van der Waals surface area contributed by atoms with Gasteiger partial charge >= 0.3 is 0 Å². The second kappa shape index (κ2) is 6.19. The molecule has 1 N–H and O–H groups in total. The predicted octanol–water partition coefficient (Wildman–Crippen LogP) is 1.90. The van der Waals surface area contributed by atoms with Gasteiger partial charge in [-0.05, 0) is 11.6 Å². The van der Waals surface area contributed by atoms with E-state index in [1.165, 1.54) is 5.56 Å². The average molecular weight is 289 g/mol. The summed E-state index contributed by atoms with van der Waals surface area (Å²) in [5.41, 5.74) is 1.27. The molecule has 106 valence electrons. The quantitative estimate of drug-likeness (QED) is 0.931. The standard InChI is InChI=1S/C14H19N5S/c1-15-13-3-2-12(10-17-13)11-18-5-7-19(8-6-18)14-16-4-9-20-14/h2-4,9-10H,5-8,11H2,1H3,(H,15,17). The molecule has 0 amide bonds. The molecule has 2 aromatic heterocycles. The van der Waals surface area contributed by atoms with Crippen molar-refractivity contribution in [3.8, 4) is 0 Å². The first-order valence-electron chi connectivity index (χ1n) is 6.84. The van der Waals surface area contributed by atoms with Crippen LogP contribution in [0.4, 0.5) is 10.9 Å². The Kier molecular flexibility index (Phi) is 4.13.